The molecule has 1 rings (SSSR count). The third-order valence-electron chi connectivity index (χ3n) is 3.23. The second-order valence-corrected chi connectivity index (χ2v) is 7.36. The number of amides is 1. The van der Waals surface area contributed by atoms with Gasteiger partial charge in [-0.15, -0.1) is 0 Å². The Morgan fingerprint density at radius 1 is 1.47 bits per heavy atom. The SMILES string of the molecule is CN(CCS(C)(=O)=O)C(=O)C1(C(N)=S)CCC1. The van der Waals surface area contributed by atoms with Crippen LogP contribution < -0.4 is 5.73 Å². The topological polar surface area (TPSA) is 80.5 Å². The highest BCUT2D eigenvalue weighted by atomic mass is 32.2. The van der Waals surface area contributed by atoms with Crippen LogP contribution in [0.15, 0.2) is 0 Å². The number of hydrogen-bond donors (Lipinski definition) is 1. The molecule has 17 heavy (non-hydrogen) atoms. The number of nitrogens with zero attached hydrogens (tertiary/aromatic N) is 1. The molecule has 0 unspecified atom stereocenters. The zero-order chi connectivity index (χ0) is 13.3. The van der Waals surface area contributed by atoms with Crippen LogP contribution in [0.2, 0.25) is 0 Å². The molecule has 1 saturated carbocycles. The molecule has 0 aromatic rings. The van der Waals surface area contributed by atoms with Gasteiger partial charge in [-0.05, 0) is 12.8 Å². The molecule has 5 nitrogen and oxygen atoms in total. The van der Waals surface area contributed by atoms with Crippen molar-refractivity contribution in [2.45, 2.75) is 19.3 Å². The van der Waals surface area contributed by atoms with E-state index in [-0.39, 0.29) is 23.2 Å². The van der Waals surface area contributed by atoms with E-state index in [1.54, 1.807) is 7.05 Å². The normalized spacial score (nSPS) is 18.2. The fraction of sp³-hybridized carbons (Fsp3) is 0.800. The minimum Gasteiger partial charge on any atom is -0.392 e. The average molecular weight is 278 g/mol. The van der Waals surface area contributed by atoms with E-state index in [9.17, 15) is 13.2 Å². The van der Waals surface area contributed by atoms with Crippen molar-refractivity contribution in [3.05, 3.63) is 0 Å². The molecule has 1 aliphatic rings. The van der Waals surface area contributed by atoms with E-state index in [4.69, 9.17) is 18.0 Å². The summed E-state index contributed by atoms with van der Waals surface area (Å²) in [5, 5.41) is 0. The van der Waals surface area contributed by atoms with E-state index in [1.807, 2.05) is 0 Å². The maximum atomic E-state index is 12.2. The number of hydrogen-bond acceptors (Lipinski definition) is 4. The molecule has 1 aliphatic carbocycles. The van der Waals surface area contributed by atoms with E-state index in [0.717, 1.165) is 12.7 Å². The molecule has 1 amide bonds. The van der Waals surface area contributed by atoms with Gasteiger partial charge in [-0.25, -0.2) is 8.42 Å². The maximum absolute atomic E-state index is 12.2. The van der Waals surface area contributed by atoms with Crippen LogP contribution in [-0.4, -0.2) is 49.8 Å². The second kappa shape index (κ2) is 4.89. The number of carbonyl (C=O) groups excluding carboxylic acids is 1. The summed E-state index contributed by atoms with van der Waals surface area (Å²) < 4.78 is 22.1. The Balaban J connectivity index is 2.66. The van der Waals surface area contributed by atoms with Gasteiger partial charge in [0, 0.05) is 19.8 Å². The van der Waals surface area contributed by atoms with Crippen molar-refractivity contribution in [1.29, 1.82) is 0 Å². The highest BCUT2D eigenvalue weighted by Crippen LogP contribution is 2.42. The van der Waals surface area contributed by atoms with Gasteiger partial charge in [0.15, 0.2) is 0 Å². The predicted octanol–water partition coefficient (Wildman–Crippen LogP) is -0.0542. The minimum atomic E-state index is -3.07. The summed E-state index contributed by atoms with van der Waals surface area (Å²) in [4.78, 5) is 13.8. The summed E-state index contributed by atoms with van der Waals surface area (Å²) in [5.74, 6) is -0.192. The van der Waals surface area contributed by atoms with E-state index in [0.29, 0.717) is 12.8 Å². The number of rotatable bonds is 5. The van der Waals surface area contributed by atoms with E-state index >= 15 is 0 Å². The molecule has 2 N–H and O–H groups in total. The maximum Gasteiger partial charge on any atom is 0.235 e. The molecule has 98 valence electrons. The Morgan fingerprint density at radius 2 is 2.00 bits per heavy atom. The first-order chi connectivity index (χ1) is 7.69. The lowest BCUT2D eigenvalue weighted by molar-refractivity contribution is -0.140. The van der Waals surface area contributed by atoms with Gasteiger partial charge >= 0.3 is 0 Å². The van der Waals surface area contributed by atoms with Gasteiger partial charge in [-0.3, -0.25) is 4.79 Å². The van der Waals surface area contributed by atoms with Crippen LogP contribution in [0.1, 0.15) is 19.3 Å². The van der Waals surface area contributed by atoms with Crippen molar-refractivity contribution in [2.75, 3.05) is 25.6 Å². The van der Waals surface area contributed by atoms with Crippen LogP contribution in [0.4, 0.5) is 0 Å². The molecule has 0 aromatic carbocycles. The quantitative estimate of drug-likeness (QED) is 0.713. The summed E-state index contributed by atoms with van der Waals surface area (Å²) in [6, 6.07) is 0. The van der Waals surface area contributed by atoms with Gasteiger partial charge in [-0.1, -0.05) is 18.6 Å². The van der Waals surface area contributed by atoms with Gasteiger partial charge in [-0.2, -0.15) is 0 Å². The van der Waals surface area contributed by atoms with Crippen molar-refractivity contribution in [1.82, 2.24) is 4.90 Å². The highest BCUT2D eigenvalue weighted by Gasteiger charge is 2.48. The Labute approximate surface area is 107 Å². The lowest BCUT2D eigenvalue weighted by Gasteiger charge is -2.41. The van der Waals surface area contributed by atoms with Crippen molar-refractivity contribution in [2.24, 2.45) is 11.1 Å². The lowest BCUT2D eigenvalue weighted by Crippen LogP contribution is -2.54. The Bertz CT molecular complexity index is 427. The van der Waals surface area contributed by atoms with Crippen molar-refractivity contribution < 1.29 is 13.2 Å². The minimum absolute atomic E-state index is 0.0390. The van der Waals surface area contributed by atoms with Crippen LogP contribution in [0.25, 0.3) is 0 Å². The van der Waals surface area contributed by atoms with E-state index in [2.05, 4.69) is 0 Å². The number of carbonyl (C=O) groups is 1. The molecular weight excluding hydrogens is 260 g/mol. The first-order valence-corrected chi connectivity index (χ1v) is 7.89. The predicted molar refractivity (Wildman–Crippen MR) is 70.4 cm³/mol. The van der Waals surface area contributed by atoms with Gasteiger partial charge < -0.3 is 10.6 Å². The van der Waals surface area contributed by atoms with Gasteiger partial charge in [0.1, 0.15) is 9.84 Å². The molecule has 0 atom stereocenters. The van der Waals surface area contributed by atoms with Gasteiger partial charge in [0.05, 0.1) is 16.2 Å². The fourth-order valence-electron chi connectivity index (χ4n) is 1.87. The van der Waals surface area contributed by atoms with Crippen LogP contribution in [0, 0.1) is 5.41 Å². The monoisotopic (exact) mass is 278 g/mol. The number of nitrogens with two attached hydrogens (primary N) is 1. The number of sulfone groups is 1. The average Bonchev–Trinajstić information content (AvgIpc) is 2.10. The smallest absolute Gasteiger partial charge is 0.235 e. The van der Waals surface area contributed by atoms with Crippen LogP contribution in [0.3, 0.4) is 0 Å². The van der Waals surface area contributed by atoms with Crippen molar-refractivity contribution >= 4 is 33.0 Å². The zero-order valence-electron chi connectivity index (χ0n) is 10.1. The van der Waals surface area contributed by atoms with Crippen LogP contribution in [-0.2, 0) is 14.6 Å². The Kier molecular flexibility index (Phi) is 4.14. The summed E-state index contributed by atoms with van der Waals surface area (Å²) >= 11 is 4.95. The standard InChI is InChI=1S/C10H18N2O3S2/c1-12(6-7-17(2,14)15)9(13)10(8(11)16)4-3-5-10/h3-7H2,1-2H3,(H2,11,16). The van der Waals surface area contributed by atoms with Crippen molar-refractivity contribution in [3.8, 4) is 0 Å². The molecule has 0 spiro atoms. The first-order valence-electron chi connectivity index (χ1n) is 5.42. The van der Waals surface area contributed by atoms with Gasteiger partial charge in [0.25, 0.3) is 0 Å². The Hall–Kier alpha value is -0.690. The molecular formula is C10H18N2O3S2. The van der Waals surface area contributed by atoms with E-state index in [1.165, 1.54) is 4.90 Å². The first kappa shape index (κ1) is 14.4. The summed E-state index contributed by atoms with van der Waals surface area (Å²) in [7, 11) is -1.48. The second-order valence-electron chi connectivity index (χ2n) is 4.66. The lowest BCUT2D eigenvalue weighted by atomic mass is 9.67. The molecule has 1 fully saturated rings. The molecule has 7 heteroatoms. The molecule has 0 bridgehead atoms. The largest absolute Gasteiger partial charge is 0.392 e. The summed E-state index contributed by atoms with van der Waals surface area (Å²) in [6.07, 6.45) is 3.43. The number of thiocarbonyl (C=S) groups is 1. The molecule has 0 aliphatic heterocycles. The third kappa shape index (κ3) is 3.16. The third-order valence-corrected chi connectivity index (χ3v) is 4.55. The molecule has 0 aromatic heterocycles. The highest BCUT2D eigenvalue weighted by molar-refractivity contribution is 7.90. The molecule has 0 saturated heterocycles. The Morgan fingerprint density at radius 3 is 2.29 bits per heavy atom. The van der Waals surface area contributed by atoms with Crippen molar-refractivity contribution in [3.63, 3.8) is 0 Å². The zero-order valence-corrected chi connectivity index (χ0v) is 11.7. The fourth-order valence-corrected chi connectivity index (χ4v) is 2.76. The molecule has 0 heterocycles. The molecule has 0 radical (unpaired) electrons. The van der Waals surface area contributed by atoms with E-state index < -0.39 is 15.3 Å². The van der Waals surface area contributed by atoms with Gasteiger partial charge in [0.2, 0.25) is 5.91 Å². The van der Waals surface area contributed by atoms with Crippen LogP contribution >= 0.6 is 12.2 Å². The van der Waals surface area contributed by atoms with Crippen LogP contribution in [0.5, 0.6) is 0 Å². The summed E-state index contributed by atoms with van der Waals surface area (Å²) in [5.41, 5.74) is 4.90. The summed E-state index contributed by atoms with van der Waals surface area (Å²) in [6.45, 7) is 0.183.